The lowest BCUT2D eigenvalue weighted by Crippen LogP contribution is -2.09. The first kappa shape index (κ1) is 57.6. The smallest absolute Gasteiger partial charge is 0.0542 e. The van der Waals surface area contributed by atoms with Crippen molar-refractivity contribution in [2.45, 2.75) is 0 Å². The molecular weight excluding hydrogens is 1190 g/mol. The van der Waals surface area contributed by atoms with E-state index in [2.05, 4.69) is 407 Å². The summed E-state index contributed by atoms with van der Waals surface area (Å²) in [5.41, 5.74) is 21.3. The average Bonchev–Trinajstić information content (AvgIpc) is 0.858. The maximum Gasteiger partial charge on any atom is 0.0542 e. The standard InChI is InChI=1S/C50H34N2.C44H30N2/c1-4-16-35(17-5-1)49-42-23-10-12-25-44(42)50(45-26-13-11-24-43(45)49)36-28-30-39(31-29-36)52-47-27-15-14-22-41(47)46-34-40(32-33-48(46)52)51(37-18-6-2-7-19-37)38-20-8-3-9-21-38;1-3-15-34(16-4-1)45(35-17-5-2-6-18-35)37-27-28-43-41(30-37)40-21-11-12-22-42(40)46(43)36-25-23-31(24-26-36)44-38-19-9-7-13-32(38)29-33-14-8-10-20-39(33)44/h1-34H;1-30H. The second-order valence-corrected chi connectivity index (χ2v) is 25.1. The van der Waals surface area contributed by atoms with Crippen LogP contribution in [0.3, 0.4) is 0 Å². The van der Waals surface area contributed by atoms with Crippen LogP contribution in [-0.4, -0.2) is 9.13 Å². The first-order valence-electron chi connectivity index (χ1n) is 33.6. The third-order valence-electron chi connectivity index (χ3n) is 19.5. The third-order valence-corrected chi connectivity index (χ3v) is 19.5. The molecule has 0 aliphatic rings. The molecule has 0 unspecified atom stereocenters. The number of fused-ring (bicyclic) bond motifs is 10. The van der Waals surface area contributed by atoms with E-state index < -0.39 is 0 Å². The lowest BCUT2D eigenvalue weighted by molar-refractivity contribution is 1.18. The molecule has 98 heavy (non-hydrogen) atoms. The molecule has 2 aromatic heterocycles. The number of anilines is 6. The summed E-state index contributed by atoms with van der Waals surface area (Å²) in [4.78, 5) is 4.66. The topological polar surface area (TPSA) is 16.3 Å². The SMILES string of the molecule is c1ccc(-c2c3ccccc3c(-c3ccc(-n4c5ccccc5c5cc(N(c6ccccc6)c6ccccc6)ccc54)cc3)c3ccccc23)cc1.c1ccc(N(c2ccccc2)c2ccc3c(c2)c2ccccc2n3-c2ccc(-c3c4ccccc4cc4ccccc34)cc2)cc1. The molecular formula is C94H64N4. The van der Waals surface area contributed by atoms with Crippen LogP contribution in [0.4, 0.5) is 34.1 Å². The monoisotopic (exact) mass is 1250 g/mol. The highest BCUT2D eigenvalue weighted by Gasteiger charge is 2.22. The molecule has 4 nitrogen and oxygen atoms in total. The van der Waals surface area contributed by atoms with Crippen molar-refractivity contribution < 1.29 is 0 Å². The maximum atomic E-state index is 2.41. The molecule has 0 radical (unpaired) electrons. The molecule has 0 saturated carbocycles. The summed E-state index contributed by atoms with van der Waals surface area (Å²) in [6.07, 6.45) is 0. The number of benzene rings is 17. The Morgan fingerprint density at radius 3 is 0.786 bits per heavy atom. The molecule has 0 saturated heterocycles. The molecule has 0 aliphatic carbocycles. The van der Waals surface area contributed by atoms with Crippen LogP contribution in [0.25, 0.3) is 131 Å². The molecule has 460 valence electrons. The molecule has 2 heterocycles. The number of rotatable bonds is 11. The second-order valence-electron chi connectivity index (χ2n) is 25.1. The third kappa shape index (κ3) is 10.1. The Bertz CT molecular complexity index is 5950. The van der Waals surface area contributed by atoms with E-state index in [0.29, 0.717) is 0 Å². The Hall–Kier alpha value is -13.0. The minimum Gasteiger partial charge on any atom is -0.310 e. The van der Waals surface area contributed by atoms with Gasteiger partial charge in [0.2, 0.25) is 0 Å². The summed E-state index contributed by atoms with van der Waals surface area (Å²) >= 11 is 0. The zero-order valence-corrected chi connectivity index (χ0v) is 53.7. The average molecular weight is 1250 g/mol. The summed E-state index contributed by atoms with van der Waals surface area (Å²) < 4.78 is 4.80. The molecule has 0 bridgehead atoms. The van der Waals surface area contributed by atoms with Crippen LogP contribution in [0, 0.1) is 0 Å². The van der Waals surface area contributed by atoms with Crippen molar-refractivity contribution in [3.05, 3.63) is 388 Å². The van der Waals surface area contributed by atoms with Gasteiger partial charge < -0.3 is 18.9 Å². The molecule has 0 spiro atoms. The minimum atomic E-state index is 1.13. The molecule has 0 fully saturated rings. The van der Waals surface area contributed by atoms with Crippen LogP contribution >= 0.6 is 0 Å². The Kier molecular flexibility index (Phi) is 14.5. The van der Waals surface area contributed by atoms with E-state index in [1.807, 2.05) is 0 Å². The number of hydrogen-bond acceptors (Lipinski definition) is 2. The predicted octanol–water partition coefficient (Wildman–Crippen LogP) is 26.1. The van der Waals surface area contributed by atoms with E-state index in [-0.39, 0.29) is 0 Å². The Morgan fingerprint density at radius 2 is 0.429 bits per heavy atom. The first-order chi connectivity index (χ1) is 48.7. The number of aromatic nitrogens is 2. The van der Waals surface area contributed by atoms with Gasteiger partial charge in [0.25, 0.3) is 0 Å². The minimum absolute atomic E-state index is 1.13. The highest BCUT2D eigenvalue weighted by atomic mass is 15.1. The predicted molar refractivity (Wildman–Crippen MR) is 417 cm³/mol. The van der Waals surface area contributed by atoms with E-state index in [1.165, 1.54) is 120 Å². The second kappa shape index (κ2) is 24.7. The fourth-order valence-electron chi connectivity index (χ4n) is 15.2. The van der Waals surface area contributed by atoms with Crippen molar-refractivity contribution >= 4 is 121 Å². The molecule has 19 rings (SSSR count). The summed E-state index contributed by atoms with van der Waals surface area (Å²) in [7, 11) is 0. The molecule has 19 aromatic rings. The van der Waals surface area contributed by atoms with Gasteiger partial charge in [0.1, 0.15) is 0 Å². The van der Waals surface area contributed by atoms with Gasteiger partial charge in [-0.1, -0.05) is 261 Å². The van der Waals surface area contributed by atoms with Crippen LogP contribution in [0.15, 0.2) is 388 Å². The zero-order valence-electron chi connectivity index (χ0n) is 53.7. The van der Waals surface area contributed by atoms with E-state index in [1.54, 1.807) is 0 Å². The van der Waals surface area contributed by atoms with Crippen molar-refractivity contribution in [1.29, 1.82) is 0 Å². The van der Waals surface area contributed by atoms with Crippen molar-refractivity contribution in [3.63, 3.8) is 0 Å². The van der Waals surface area contributed by atoms with Crippen molar-refractivity contribution in [2.75, 3.05) is 9.80 Å². The van der Waals surface area contributed by atoms with Gasteiger partial charge in [-0.3, -0.25) is 0 Å². The van der Waals surface area contributed by atoms with Gasteiger partial charge in [0, 0.05) is 67.0 Å². The summed E-state index contributed by atoms with van der Waals surface area (Å²) in [5, 5.41) is 15.1. The van der Waals surface area contributed by atoms with Crippen LogP contribution in [0.2, 0.25) is 0 Å². The molecule has 4 heteroatoms. The molecule has 0 aliphatic heterocycles. The van der Waals surface area contributed by atoms with Gasteiger partial charge in [0.15, 0.2) is 0 Å². The summed E-state index contributed by atoms with van der Waals surface area (Å²) in [5.74, 6) is 0. The molecule has 0 N–H and O–H groups in total. The van der Waals surface area contributed by atoms with Gasteiger partial charge >= 0.3 is 0 Å². The van der Waals surface area contributed by atoms with Gasteiger partial charge in [-0.05, 0) is 204 Å². The lowest BCUT2D eigenvalue weighted by atomic mass is 9.86. The van der Waals surface area contributed by atoms with Crippen LogP contribution in [0.1, 0.15) is 0 Å². The molecule has 0 amide bonds. The van der Waals surface area contributed by atoms with Gasteiger partial charge in [0.05, 0.1) is 22.1 Å². The van der Waals surface area contributed by atoms with Crippen molar-refractivity contribution in [2.24, 2.45) is 0 Å². The quantitative estimate of drug-likeness (QED) is 0.120. The van der Waals surface area contributed by atoms with E-state index in [4.69, 9.17) is 0 Å². The largest absolute Gasteiger partial charge is 0.310 e. The van der Waals surface area contributed by atoms with Crippen molar-refractivity contribution in [1.82, 2.24) is 9.13 Å². The van der Waals surface area contributed by atoms with E-state index in [9.17, 15) is 0 Å². The summed E-state index contributed by atoms with van der Waals surface area (Å²) in [6, 6.07) is 140. The Morgan fingerprint density at radius 1 is 0.163 bits per heavy atom. The van der Waals surface area contributed by atoms with E-state index in [0.717, 1.165) is 45.5 Å². The number of nitrogens with zero attached hydrogens (tertiary/aromatic N) is 4. The molecule has 0 atom stereocenters. The summed E-state index contributed by atoms with van der Waals surface area (Å²) in [6.45, 7) is 0. The fourth-order valence-corrected chi connectivity index (χ4v) is 15.2. The van der Waals surface area contributed by atoms with Crippen LogP contribution in [-0.2, 0) is 0 Å². The Labute approximate surface area is 569 Å². The van der Waals surface area contributed by atoms with E-state index >= 15 is 0 Å². The number of para-hydroxylation sites is 6. The zero-order chi connectivity index (χ0) is 64.9. The highest BCUT2D eigenvalue weighted by Crippen LogP contribution is 2.47. The maximum absolute atomic E-state index is 2.41. The van der Waals surface area contributed by atoms with Crippen molar-refractivity contribution in [3.8, 4) is 44.8 Å². The molecule has 17 aromatic carbocycles. The lowest BCUT2D eigenvalue weighted by Gasteiger charge is -2.25. The normalized spacial score (nSPS) is 11.5. The Balaban J connectivity index is 0.000000143. The van der Waals surface area contributed by atoms with Gasteiger partial charge in [-0.2, -0.15) is 0 Å². The first-order valence-corrected chi connectivity index (χ1v) is 33.6. The van der Waals surface area contributed by atoms with Gasteiger partial charge in [-0.15, -0.1) is 0 Å². The van der Waals surface area contributed by atoms with Crippen LogP contribution < -0.4 is 9.80 Å². The number of hydrogen-bond donors (Lipinski definition) is 0. The fraction of sp³-hybridized carbons (Fsp3) is 0. The van der Waals surface area contributed by atoms with Crippen LogP contribution in [0.5, 0.6) is 0 Å². The van der Waals surface area contributed by atoms with Gasteiger partial charge in [-0.25, -0.2) is 0 Å². The highest BCUT2D eigenvalue weighted by molar-refractivity contribution is 6.22.